The third-order valence-electron chi connectivity index (χ3n) is 6.10. The fraction of sp³-hybridized carbons (Fsp3) is 0.375. The topological polar surface area (TPSA) is 60.7 Å². The summed E-state index contributed by atoms with van der Waals surface area (Å²) < 4.78 is 31.6. The molecule has 0 unspecified atom stereocenters. The SMILES string of the molecule is COc1ccc(C2(CNC(=O)c3cc4ccccc4o3)CCCCC2)c(F)c1OC. The van der Waals surface area contributed by atoms with Gasteiger partial charge in [-0.2, -0.15) is 0 Å². The lowest BCUT2D eigenvalue weighted by molar-refractivity contribution is 0.0910. The highest BCUT2D eigenvalue weighted by molar-refractivity contribution is 5.96. The van der Waals surface area contributed by atoms with Crippen LogP contribution in [0, 0.1) is 5.82 Å². The van der Waals surface area contributed by atoms with Crippen molar-refractivity contribution in [3.05, 3.63) is 59.6 Å². The van der Waals surface area contributed by atoms with Crippen LogP contribution in [0.2, 0.25) is 0 Å². The molecule has 158 valence electrons. The van der Waals surface area contributed by atoms with Crippen LogP contribution in [0.15, 0.2) is 46.9 Å². The molecule has 4 rings (SSSR count). The lowest BCUT2D eigenvalue weighted by Crippen LogP contribution is -2.42. The molecule has 5 nitrogen and oxygen atoms in total. The number of hydrogen-bond acceptors (Lipinski definition) is 4. The van der Waals surface area contributed by atoms with E-state index < -0.39 is 11.2 Å². The molecule has 1 aromatic heterocycles. The van der Waals surface area contributed by atoms with Gasteiger partial charge in [-0.25, -0.2) is 4.39 Å². The molecule has 6 heteroatoms. The summed E-state index contributed by atoms with van der Waals surface area (Å²) in [6.45, 7) is 0.329. The van der Waals surface area contributed by atoms with E-state index >= 15 is 4.39 Å². The Morgan fingerprint density at radius 1 is 1.10 bits per heavy atom. The number of amides is 1. The fourth-order valence-corrected chi connectivity index (χ4v) is 4.50. The number of benzene rings is 2. The minimum absolute atomic E-state index is 0.101. The summed E-state index contributed by atoms with van der Waals surface area (Å²) in [7, 11) is 2.92. The van der Waals surface area contributed by atoms with Crippen molar-refractivity contribution in [3.8, 4) is 11.5 Å². The van der Waals surface area contributed by atoms with Crippen molar-refractivity contribution >= 4 is 16.9 Å². The maximum atomic E-state index is 15.4. The van der Waals surface area contributed by atoms with Crippen molar-refractivity contribution in [2.75, 3.05) is 20.8 Å². The molecule has 0 atom stereocenters. The van der Waals surface area contributed by atoms with Crippen LogP contribution in [0.3, 0.4) is 0 Å². The zero-order valence-corrected chi connectivity index (χ0v) is 17.3. The van der Waals surface area contributed by atoms with Gasteiger partial charge in [0.2, 0.25) is 0 Å². The Morgan fingerprint density at radius 2 is 1.87 bits per heavy atom. The molecule has 1 fully saturated rings. The second-order valence-corrected chi connectivity index (χ2v) is 7.83. The standard InChI is InChI=1S/C24H26FNO4/c1-28-19-11-10-17(21(25)22(19)29-2)24(12-6-3-7-13-24)15-26-23(27)20-14-16-8-4-5-9-18(16)30-20/h4-5,8-11,14H,3,6-7,12-13,15H2,1-2H3,(H,26,27). The van der Waals surface area contributed by atoms with Crippen LogP contribution >= 0.6 is 0 Å². The summed E-state index contributed by atoms with van der Waals surface area (Å²) in [6, 6.07) is 12.7. The van der Waals surface area contributed by atoms with E-state index in [1.807, 2.05) is 24.3 Å². The molecule has 0 aliphatic heterocycles. The Labute approximate surface area is 175 Å². The normalized spacial score (nSPS) is 15.7. The molecule has 1 aliphatic carbocycles. The molecule has 1 aliphatic rings. The maximum absolute atomic E-state index is 15.4. The van der Waals surface area contributed by atoms with Crippen LogP contribution in [-0.2, 0) is 5.41 Å². The zero-order chi connectivity index (χ0) is 21.1. The Kier molecular flexibility index (Phi) is 5.66. The molecule has 30 heavy (non-hydrogen) atoms. The highest BCUT2D eigenvalue weighted by Gasteiger charge is 2.38. The lowest BCUT2D eigenvalue weighted by Gasteiger charge is -2.38. The number of ether oxygens (including phenoxy) is 2. The number of methoxy groups -OCH3 is 2. The molecule has 0 saturated heterocycles. The van der Waals surface area contributed by atoms with E-state index in [0.29, 0.717) is 23.4 Å². The lowest BCUT2D eigenvalue weighted by atomic mass is 9.69. The first-order chi connectivity index (χ1) is 14.6. The van der Waals surface area contributed by atoms with E-state index in [0.717, 1.165) is 37.5 Å². The van der Waals surface area contributed by atoms with E-state index in [9.17, 15) is 4.79 Å². The predicted octanol–water partition coefficient (Wildman–Crippen LogP) is 5.22. The van der Waals surface area contributed by atoms with E-state index in [4.69, 9.17) is 13.9 Å². The Balaban J connectivity index is 1.62. The predicted molar refractivity (Wildman–Crippen MR) is 113 cm³/mol. The Hall–Kier alpha value is -3.02. The number of furan rings is 1. The quantitative estimate of drug-likeness (QED) is 0.604. The summed E-state index contributed by atoms with van der Waals surface area (Å²) in [5.74, 6) is 0.00305. The van der Waals surface area contributed by atoms with E-state index in [2.05, 4.69) is 5.32 Å². The van der Waals surface area contributed by atoms with Gasteiger partial charge < -0.3 is 19.2 Å². The summed E-state index contributed by atoms with van der Waals surface area (Å²) in [5.41, 5.74) is 0.731. The minimum atomic E-state index is -0.496. The maximum Gasteiger partial charge on any atom is 0.287 e. The number of fused-ring (bicyclic) bond motifs is 1. The number of carbonyl (C=O) groups excluding carboxylic acids is 1. The van der Waals surface area contributed by atoms with Gasteiger partial charge in [0.25, 0.3) is 5.91 Å². The molecule has 3 aromatic rings. The van der Waals surface area contributed by atoms with Crippen molar-refractivity contribution < 1.29 is 23.1 Å². The number of carbonyl (C=O) groups is 1. The van der Waals surface area contributed by atoms with E-state index in [1.165, 1.54) is 14.2 Å². The smallest absolute Gasteiger partial charge is 0.287 e. The average molecular weight is 411 g/mol. The highest BCUT2D eigenvalue weighted by Crippen LogP contribution is 2.44. The van der Waals surface area contributed by atoms with Crippen LogP contribution in [0.4, 0.5) is 4.39 Å². The molecule has 1 saturated carbocycles. The van der Waals surface area contributed by atoms with E-state index in [1.54, 1.807) is 18.2 Å². The van der Waals surface area contributed by atoms with Gasteiger partial charge in [-0.1, -0.05) is 43.5 Å². The van der Waals surface area contributed by atoms with Crippen LogP contribution in [-0.4, -0.2) is 26.7 Å². The summed E-state index contributed by atoms with van der Waals surface area (Å²) in [4.78, 5) is 12.8. The fourth-order valence-electron chi connectivity index (χ4n) is 4.50. The van der Waals surface area contributed by atoms with Crippen molar-refractivity contribution in [3.63, 3.8) is 0 Å². The minimum Gasteiger partial charge on any atom is -0.493 e. The second-order valence-electron chi connectivity index (χ2n) is 7.83. The van der Waals surface area contributed by atoms with Gasteiger partial charge in [-0.15, -0.1) is 0 Å². The van der Waals surface area contributed by atoms with Crippen molar-refractivity contribution in [2.45, 2.75) is 37.5 Å². The van der Waals surface area contributed by atoms with Gasteiger partial charge in [0.15, 0.2) is 23.1 Å². The molecule has 0 spiro atoms. The first-order valence-electron chi connectivity index (χ1n) is 10.3. The largest absolute Gasteiger partial charge is 0.493 e. The monoisotopic (exact) mass is 411 g/mol. The third kappa shape index (κ3) is 3.62. The molecule has 1 N–H and O–H groups in total. The zero-order valence-electron chi connectivity index (χ0n) is 17.3. The molecule has 1 heterocycles. The Bertz CT molecular complexity index is 1020. The van der Waals surface area contributed by atoms with Gasteiger partial charge in [0.1, 0.15) is 5.58 Å². The van der Waals surface area contributed by atoms with Crippen LogP contribution < -0.4 is 14.8 Å². The molecule has 1 amide bonds. The third-order valence-corrected chi connectivity index (χ3v) is 6.10. The molecule has 0 bridgehead atoms. The molecule has 0 radical (unpaired) electrons. The molecular formula is C24H26FNO4. The van der Waals surface area contributed by atoms with Crippen LogP contribution in [0.25, 0.3) is 11.0 Å². The van der Waals surface area contributed by atoms with Crippen LogP contribution in [0.5, 0.6) is 11.5 Å². The van der Waals surface area contributed by atoms with Gasteiger partial charge in [-0.3, -0.25) is 4.79 Å². The number of hydrogen-bond donors (Lipinski definition) is 1. The van der Waals surface area contributed by atoms with Crippen LogP contribution in [0.1, 0.15) is 48.2 Å². The first kappa shape index (κ1) is 20.3. The van der Waals surface area contributed by atoms with Crippen molar-refractivity contribution in [2.24, 2.45) is 0 Å². The number of rotatable bonds is 6. The molecular weight excluding hydrogens is 385 g/mol. The van der Waals surface area contributed by atoms with Gasteiger partial charge in [0.05, 0.1) is 14.2 Å². The van der Waals surface area contributed by atoms with Crippen molar-refractivity contribution in [1.82, 2.24) is 5.32 Å². The van der Waals surface area contributed by atoms with Gasteiger partial charge >= 0.3 is 0 Å². The number of nitrogens with one attached hydrogen (secondary N) is 1. The Morgan fingerprint density at radius 3 is 2.57 bits per heavy atom. The molecule has 2 aromatic carbocycles. The summed E-state index contributed by atoms with van der Waals surface area (Å²) >= 11 is 0. The van der Waals surface area contributed by atoms with Crippen molar-refractivity contribution in [1.29, 1.82) is 0 Å². The summed E-state index contributed by atoms with van der Waals surface area (Å²) in [5, 5.41) is 3.87. The second kappa shape index (κ2) is 8.38. The first-order valence-corrected chi connectivity index (χ1v) is 10.3. The average Bonchev–Trinajstić information content (AvgIpc) is 3.22. The summed E-state index contributed by atoms with van der Waals surface area (Å²) in [6.07, 6.45) is 4.65. The number of halogens is 1. The highest BCUT2D eigenvalue weighted by atomic mass is 19.1. The van der Waals surface area contributed by atoms with E-state index in [-0.39, 0.29) is 17.4 Å². The van der Waals surface area contributed by atoms with Gasteiger partial charge in [-0.05, 0) is 36.6 Å². The van der Waals surface area contributed by atoms with Gasteiger partial charge in [0, 0.05) is 17.3 Å². The number of para-hydroxylation sites is 1.